The van der Waals surface area contributed by atoms with Crippen LogP contribution in [0.2, 0.25) is 0 Å². The molecule has 11 heteroatoms. The molecule has 148 valence electrons. The molecule has 0 aromatic carbocycles. The monoisotopic (exact) mass is 405 g/mol. The van der Waals surface area contributed by atoms with Crippen molar-refractivity contribution in [1.29, 1.82) is 0 Å². The van der Waals surface area contributed by atoms with Gasteiger partial charge in [-0.2, -0.15) is 30.2 Å². The molecule has 0 saturated heterocycles. The van der Waals surface area contributed by atoms with Crippen molar-refractivity contribution < 1.29 is 19.7 Å². The van der Waals surface area contributed by atoms with Crippen LogP contribution in [0.5, 0.6) is 0 Å². The second kappa shape index (κ2) is 11.0. The molecule has 0 radical (unpaired) electrons. The van der Waals surface area contributed by atoms with Crippen LogP contribution in [-0.4, -0.2) is 56.2 Å². The van der Waals surface area contributed by atoms with E-state index in [1.165, 1.54) is 0 Å². The Morgan fingerprint density at radius 2 is 2.04 bits per heavy atom. The van der Waals surface area contributed by atoms with Gasteiger partial charge in [-0.3, -0.25) is 4.57 Å². The first-order valence-electron chi connectivity index (χ1n) is 8.52. The maximum Gasteiger partial charge on any atom is 0.197 e. The highest BCUT2D eigenvalue weighted by Gasteiger charge is 2.26. The first kappa shape index (κ1) is 21.3. The van der Waals surface area contributed by atoms with Gasteiger partial charge >= 0.3 is 0 Å². The summed E-state index contributed by atoms with van der Waals surface area (Å²) in [7, 11) is 0. The third kappa shape index (κ3) is 6.32. The maximum atomic E-state index is 9.07. The number of nitrogens with zero attached hydrogens (tertiary/aromatic N) is 3. The lowest BCUT2D eigenvalue weighted by atomic mass is 10.2. The number of hydrogen-bond donors (Lipinski definition) is 6. The Balaban J connectivity index is 1.88. The molecule has 2 rings (SSSR count). The summed E-state index contributed by atoms with van der Waals surface area (Å²) in [6, 6.07) is 0. The minimum Gasteiger partial charge on any atom is -0.394 e. The van der Waals surface area contributed by atoms with E-state index in [0.717, 1.165) is 25.7 Å². The van der Waals surface area contributed by atoms with E-state index < -0.39 is 12.3 Å². The van der Waals surface area contributed by atoms with Crippen molar-refractivity contribution in [3.8, 4) is 0 Å². The Labute approximate surface area is 163 Å². The number of aromatic nitrogens is 2. The van der Waals surface area contributed by atoms with E-state index in [1.54, 1.807) is 10.9 Å². The number of aliphatic imine (C=N–C) groups is 1. The molecule has 2 heterocycles. The zero-order valence-electron chi connectivity index (χ0n) is 14.5. The largest absolute Gasteiger partial charge is 0.394 e. The predicted molar refractivity (Wildman–Crippen MR) is 105 cm³/mol. The Kier molecular flexibility index (Phi) is 9.02. The highest BCUT2D eigenvalue weighted by Crippen LogP contribution is 2.29. The fourth-order valence-corrected chi connectivity index (χ4v) is 2.78. The van der Waals surface area contributed by atoms with Gasteiger partial charge in [0.25, 0.3) is 0 Å². The maximum absolute atomic E-state index is 9.07. The van der Waals surface area contributed by atoms with E-state index in [-0.39, 0.29) is 30.5 Å². The number of unbranched alkanes of at least 4 members (excludes halogenated alkanes) is 2. The van der Waals surface area contributed by atoms with Crippen LogP contribution in [-0.2, 0) is 16.2 Å². The van der Waals surface area contributed by atoms with Crippen LogP contribution in [0.4, 0.5) is 5.82 Å². The van der Waals surface area contributed by atoms with Crippen molar-refractivity contribution in [1.82, 2.24) is 14.9 Å². The number of thiol groups is 2. The first-order chi connectivity index (χ1) is 12.5. The third-order valence-electron chi connectivity index (χ3n) is 3.84. The van der Waals surface area contributed by atoms with E-state index in [1.807, 2.05) is 0 Å². The van der Waals surface area contributed by atoms with Gasteiger partial charge in [-0.05, 0) is 12.8 Å². The summed E-state index contributed by atoms with van der Waals surface area (Å²) in [5.41, 5.74) is 6.46. The van der Waals surface area contributed by atoms with Crippen molar-refractivity contribution in [2.75, 3.05) is 19.8 Å². The van der Waals surface area contributed by atoms with Crippen LogP contribution in [0.3, 0.4) is 0 Å². The lowest BCUT2D eigenvalue weighted by molar-refractivity contribution is -0.0495. The molecule has 0 bridgehead atoms. The zero-order chi connectivity index (χ0) is 18.9. The number of rotatable bonds is 12. The van der Waals surface area contributed by atoms with Crippen molar-refractivity contribution >= 4 is 37.0 Å². The highest BCUT2D eigenvalue weighted by molar-refractivity contribution is 7.99. The summed E-state index contributed by atoms with van der Waals surface area (Å²) < 4.78 is 13.0. The van der Waals surface area contributed by atoms with Crippen LogP contribution >= 0.6 is 25.3 Å². The van der Waals surface area contributed by atoms with Gasteiger partial charge in [-0.25, -0.2) is 4.98 Å². The van der Waals surface area contributed by atoms with Crippen LogP contribution in [0.1, 0.15) is 37.6 Å². The number of ether oxygens (including phenoxy) is 2. The van der Waals surface area contributed by atoms with E-state index in [9.17, 15) is 0 Å². The topological polar surface area (TPSA) is 127 Å². The van der Waals surface area contributed by atoms with Gasteiger partial charge in [0, 0.05) is 11.2 Å². The molecule has 0 fully saturated rings. The molecular weight excluding hydrogens is 378 g/mol. The van der Waals surface area contributed by atoms with Crippen molar-refractivity contribution in [2.45, 2.75) is 49.3 Å². The Bertz CT molecular complexity index is 580. The summed E-state index contributed by atoms with van der Waals surface area (Å²) in [4.78, 5) is 8.57. The minimum absolute atomic E-state index is 0.0895. The van der Waals surface area contributed by atoms with E-state index in [0.29, 0.717) is 18.1 Å². The van der Waals surface area contributed by atoms with Gasteiger partial charge in [0.15, 0.2) is 18.0 Å². The van der Waals surface area contributed by atoms with E-state index >= 15 is 0 Å². The lowest BCUT2D eigenvalue weighted by Gasteiger charge is -2.23. The Morgan fingerprint density at radius 3 is 2.73 bits per heavy atom. The van der Waals surface area contributed by atoms with Gasteiger partial charge in [-0.1, -0.05) is 12.8 Å². The quantitative estimate of drug-likeness (QED) is 0.170. The lowest BCUT2D eigenvalue weighted by Crippen LogP contribution is -2.39. The molecule has 0 amide bonds. The molecule has 0 spiro atoms. The van der Waals surface area contributed by atoms with Crippen LogP contribution < -0.4 is 11.1 Å². The number of nitrogens with two attached hydrogens (primary N) is 1. The van der Waals surface area contributed by atoms with Crippen LogP contribution in [0, 0.1) is 0 Å². The molecule has 1 atom stereocenters. The van der Waals surface area contributed by atoms with Crippen LogP contribution in [0.15, 0.2) is 11.3 Å². The predicted octanol–water partition coefficient (Wildman–Crippen LogP) is 0.521. The van der Waals surface area contributed by atoms with Gasteiger partial charge in [0.2, 0.25) is 0 Å². The number of hydrogen-bond acceptors (Lipinski definition) is 10. The van der Waals surface area contributed by atoms with Crippen molar-refractivity contribution in [3.05, 3.63) is 12.0 Å². The zero-order valence-corrected chi connectivity index (χ0v) is 16.3. The third-order valence-corrected chi connectivity index (χ3v) is 4.36. The molecule has 1 aliphatic rings. The number of imidazole rings is 1. The molecule has 9 nitrogen and oxygen atoms in total. The van der Waals surface area contributed by atoms with Crippen LogP contribution in [0.25, 0.3) is 0 Å². The highest BCUT2D eigenvalue weighted by atomic mass is 32.2. The molecule has 1 aromatic heterocycles. The number of guanidine groups is 1. The standard InChI is InChI=1S/C15H27N5O4S2/c16-15-18-13-12(17-8-20(13)9-24-10(6-21)7-22)14(19-15)23-5-3-1-2-4-11(25)26/h8,10-11,14,21-22,25-26H,1-7,9H2,(H3,16,18,19). The normalized spacial score (nSPS) is 16.7. The molecule has 1 aromatic rings. The van der Waals surface area contributed by atoms with E-state index in [4.69, 9.17) is 25.4 Å². The van der Waals surface area contributed by atoms with E-state index in [2.05, 4.69) is 40.6 Å². The number of nitrogens with one attached hydrogen (secondary N) is 1. The van der Waals surface area contributed by atoms with Gasteiger partial charge in [0.1, 0.15) is 18.5 Å². The molecule has 1 aliphatic heterocycles. The average molecular weight is 406 g/mol. The first-order valence-corrected chi connectivity index (χ1v) is 9.55. The average Bonchev–Trinajstić information content (AvgIpc) is 3.01. The molecular formula is C15H27N5O4S2. The Morgan fingerprint density at radius 1 is 1.27 bits per heavy atom. The fourth-order valence-electron chi connectivity index (χ4n) is 2.42. The summed E-state index contributed by atoms with van der Waals surface area (Å²) in [6.07, 6.45) is 4.40. The SMILES string of the molecule is NC1=Nc2c(ncn2COC(CO)CO)C(OCCCCCC(S)S)N1. The van der Waals surface area contributed by atoms with Gasteiger partial charge in [0.05, 0.1) is 19.5 Å². The molecule has 0 aliphatic carbocycles. The molecule has 0 saturated carbocycles. The minimum atomic E-state index is -0.655. The van der Waals surface area contributed by atoms with Crippen molar-refractivity contribution in [3.63, 3.8) is 0 Å². The number of aliphatic hydroxyl groups excluding tert-OH is 2. The summed E-state index contributed by atoms with van der Waals surface area (Å²) >= 11 is 8.48. The van der Waals surface area contributed by atoms with Gasteiger partial charge < -0.3 is 30.7 Å². The second-order valence-corrected chi connectivity index (χ2v) is 7.58. The summed E-state index contributed by atoms with van der Waals surface area (Å²) in [5.74, 6) is 0.770. The molecule has 5 N–H and O–H groups in total. The Hall–Kier alpha value is -0.980. The number of fused-ring (bicyclic) bond motifs is 1. The summed E-state index contributed by atoms with van der Waals surface area (Å²) in [5, 5.41) is 21.1. The second-order valence-electron chi connectivity index (χ2n) is 5.93. The fraction of sp³-hybridized carbons (Fsp3) is 0.733. The molecule has 26 heavy (non-hydrogen) atoms. The van der Waals surface area contributed by atoms with Gasteiger partial charge in [-0.15, -0.1) is 0 Å². The molecule has 1 unspecified atom stereocenters. The van der Waals surface area contributed by atoms with Crippen molar-refractivity contribution in [2.24, 2.45) is 10.7 Å². The summed E-state index contributed by atoms with van der Waals surface area (Å²) in [6.45, 7) is 0.113. The smallest absolute Gasteiger partial charge is 0.197 e. The number of aliphatic hydroxyl groups is 2.